The third-order valence-electron chi connectivity index (χ3n) is 3.98. The van der Waals surface area contributed by atoms with Gasteiger partial charge in [-0.3, -0.25) is 4.79 Å². The predicted octanol–water partition coefficient (Wildman–Crippen LogP) is 4.18. The van der Waals surface area contributed by atoms with Gasteiger partial charge in [0.1, 0.15) is 22.3 Å². The number of aromatic nitrogens is 3. The lowest BCUT2D eigenvalue weighted by molar-refractivity contribution is -0.274. The second-order valence-electron chi connectivity index (χ2n) is 6.23. The Morgan fingerprint density at radius 1 is 1.09 bits per heavy atom. The zero-order chi connectivity index (χ0) is 24.7. The molecule has 1 aromatic heterocycles. The van der Waals surface area contributed by atoms with E-state index in [1.54, 1.807) is 4.72 Å². The first-order valence-corrected chi connectivity index (χ1v) is 10.6. The van der Waals surface area contributed by atoms with Crippen LogP contribution in [0.3, 0.4) is 0 Å². The van der Waals surface area contributed by atoms with Crippen LogP contribution in [-0.2, 0) is 10.0 Å². The number of nitrogens with one attached hydrogen (secondary N) is 1. The maximum Gasteiger partial charge on any atom is 0.573 e. The molecule has 176 valence electrons. The first kappa shape index (κ1) is 24.7. The molecular weight excluding hydrogens is 522 g/mol. The Labute approximate surface area is 191 Å². The molecular formula is C17H9Cl2F5N4O4S. The van der Waals surface area contributed by atoms with Crippen molar-refractivity contribution in [3.05, 3.63) is 63.4 Å². The highest BCUT2D eigenvalue weighted by atomic mass is 35.5. The van der Waals surface area contributed by atoms with Crippen molar-refractivity contribution >= 4 is 39.1 Å². The van der Waals surface area contributed by atoms with Crippen molar-refractivity contribution in [3.8, 4) is 11.4 Å². The summed E-state index contributed by atoms with van der Waals surface area (Å²) in [6.45, 7) is 1.29. The van der Waals surface area contributed by atoms with Gasteiger partial charge in [-0.05, 0) is 25.1 Å². The quantitative estimate of drug-likeness (QED) is 0.392. The Hall–Kier alpha value is -2.97. The van der Waals surface area contributed by atoms with E-state index in [-0.39, 0.29) is 22.5 Å². The van der Waals surface area contributed by atoms with Crippen molar-refractivity contribution in [2.24, 2.45) is 0 Å². The lowest BCUT2D eigenvalue weighted by atomic mass is 10.2. The third kappa shape index (κ3) is 5.34. The van der Waals surface area contributed by atoms with Gasteiger partial charge in [-0.15, -0.1) is 18.3 Å². The Morgan fingerprint density at radius 2 is 1.76 bits per heavy atom. The van der Waals surface area contributed by atoms with Crippen LogP contribution in [0, 0.1) is 18.6 Å². The number of benzene rings is 2. The van der Waals surface area contributed by atoms with Crippen molar-refractivity contribution in [3.63, 3.8) is 0 Å². The monoisotopic (exact) mass is 530 g/mol. The average Bonchev–Trinajstić information content (AvgIpc) is 3.04. The van der Waals surface area contributed by atoms with Crippen LogP contribution < -0.4 is 9.46 Å². The van der Waals surface area contributed by atoms with Crippen LogP contribution in [-0.4, -0.2) is 35.7 Å². The maximum absolute atomic E-state index is 13.9. The average molecular weight is 531 g/mol. The number of halogens is 7. The molecule has 0 bridgehead atoms. The zero-order valence-corrected chi connectivity index (χ0v) is 18.2. The van der Waals surface area contributed by atoms with Crippen LogP contribution in [0.15, 0.2) is 35.2 Å². The Balaban J connectivity index is 1.89. The van der Waals surface area contributed by atoms with Crippen molar-refractivity contribution in [2.45, 2.75) is 18.2 Å². The highest BCUT2D eigenvalue weighted by molar-refractivity contribution is 7.90. The van der Waals surface area contributed by atoms with Crippen LogP contribution >= 0.6 is 23.2 Å². The van der Waals surface area contributed by atoms with Crippen LogP contribution in [0.25, 0.3) is 5.69 Å². The zero-order valence-electron chi connectivity index (χ0n) is 15.9. The summed E-state index contributed by atoms with van der Waals surface area (Å²) in [5, 5.41) is 6.22. The summed E-state index contributed by atoms with van der Waals surface area (Å²) in [7, 11) is -4.83. The van der Waals surface area contributed by atoms with E-state index in [0.29, 0.717) is 6.07 Å². The lowest BCUT2D eigenvalue weighted by Gasteiger charge is -2.11. The molecule has 0 saturated heterocycles. The Kier molecular flexibility index (Phi) is 6.55. The molecule has 0 spiro atoms. The van der Waals surface area contributed by atoms with Crippen LogP contribution in [0.2, 0.25) is 10.0 Å². The largest absolute Gasteiger partial charge is 0.573 e. The second-order valence-corrected chi connectivity index (χ2v) is 8.69. The van der Waals surface area contributed by atoms with Crippen molar-refractivity contribution in [1.82, 2.24) is 19.7 Å². The minimum absolute atomic E-state index is 0.00513. The minimum atomic E-state index is -4.95. The van der Waals surface area contributed by atoms with E-state index in [2.05, 4.69) is 15.0 Å². The highest BCUT2D eigenvalue weighted by Crippen LogP contribution is 2.30. The number of sulfonamides is 1. The number of hydrogen-bond acceptors (Lipinski definition) is 6. The number of hydrogen-bond donors (Lipinski definition) is 1. The van der Waals surface area contributed by atoms with Crippen LogP contribution in [0.4, 0.5) is 22.0 Å². The summed E-state index contributed by atoms with van der Waals surface area (Å²) in [6.07, 6.45) is -4.95. The number of carbonyl (C=O) groups excluding carboxylic acids is 1. The first-order valence-electron chi connectivity index (χ1n) is 8.39. The number of nitrogens with zero attached hydrogens (tertiary/aromatic N) is 3. The smallest absolute Gasteiger partial charge is 0.406 e. The van der Waals surface area contributed by atoms with Gasteiger partial charge >= 0.3 is 6.36 Å². The van der Waals surface area contributed by atoms with Gasteiger partial charge in [-0.25, -0.2) is 26.6 Å². The normalized spacial score (nSPS) is 12.0. The van der Waals surface area contributed by atoms with E-state index < -0.39 is 55.3 Å². The molecule has 0 fully saturated rings. The summed E-state index contributed by atoms with van der Waals surface area (Å²) in [4.78, 5) is 11.4. The van der Waals surface area contributed by atoms with Gasteiger partial charge in [0.15, 0.2) is 5.69 Å². The molecule has 3 aromatic rings. The number of ether oxygens (including phenoxy) is 1. The van der Waals surface area contributed by atoms with E-state index in [1.165, 1.54) is 6.92 Å². The van der Waals surface area contributed by atoms with Crippen LogP contribution in [0.5, 0.6) is 5.75 Å². The third-order valence-corrected chi connectivity index (χ3v) is 5.92. The number of rotatable bonds is 5. The summed E-state index contributed by atoms with van der Waals surface area (Å²) in [6, 6.07) is 3.59. The summed E-state index contributed by atoms with van der Waals surface area (Å²) < 4.78 is 95.2. The van der Waals surface area contributed by atoms with Crippen molar-refractivity contribution < 1.29 is 39.9 Å². The summed E-state index contributed by atoms with van der Waals surface area (Å²) in [5.74, 6) is -4.64. The van der Waals surface area contributed by atoms with E-state index in [0.717, 1.165) is 22.9 Å². The number of carbonyl (C=O) groups is 1. The second kappa shape index (κ2) is 8.76. The molecule has 1 N–H and O–H groups in total. The summed E-state index contributed by atoms with van der Waals surface area (Å²) in [5.41, 5.74) is -0.597. The van der Waals surface area contributed by atoms with Gasteiger partial charge in [0.05, 0.1) is 21.4 Å². The molecule has 33 heavy (non-hydrogen) atoms. The first-order chi connectivity index (χ1) is 15.2. The molecule has 2 aromatic carbocycles. The lowest BCUT2D eigenvalue weighted by Crippen LogP contribution is -2.32. The minimum Gasteiger partial charge on any atom is -0.406 e. The fourth-order valence-corrected chi connectivity index (χ4v) is 4.08. The predicted molar refractivity (Wildman–Crippen MR) is 104 cm³/mol. The molecule has 1 heterocycles. The van der Waals surface area contributed by atoms with Crippen LogP contribution in [0.1, 0.15) is 16.2 Å². The van der Waals surface area contributed by atoms with E-state index in [9.17, 15) is 35.2 Å². The van der Waals surface area contributed by atoms with Crippen molar-refractivity contribution in [2.75, 3.05) is 0 Å². The Morgan fingerprint density at radius 3 is 2.36 bits per heavy atom. The molecule has 0 aliphatic heterocycles. The van der Waals surface area contributed by atoms with Crippen molar-refractivity contribution in [1.29, 1.82) is 0 Å². The van der Waals surface area contributed by atoms with E-state index in [4.69, 9.17) is 23.2 Å². The highest BCUT2D eigenvalue weighted by Gasteiger charge is 2.31. The molecule has 8 nitrogen and oxygen atoms in total. The molecule has 16 heteroatoms. The van der Waals surface area contributed by atoms with E-state index in [1.807, 2.05) is 0 Å². The molecule has 3 rings (SSSR count). The number of amides is 1. The maximum atomic E-state index is 13.9. The molecule has 0 atom stereocenters. The molecule has 0 unspecified atom stereocenters. The molecule has 0 radical (unpaired) electrons. The molecule has 0 aliphatic carbocycles. The molecule has 0 aliphatic rings. The molecule has 0 saturated carbocycles. The number of alkyl halides is 3. The summed E-state index contributed by atoms with van der Waals surface area (Å²) >= 11 is 11.4. The SMILES string of the molecule is Cc1c(C(=O)NS(=O)(=O)c2cc(Cl)c(F)cc2F)nnn1-c1ccc(OC(F)(F)F)cc1Cl. The standard InChI is InChI=1S/C17H9Cl2F5N4O4S/c1-7-15(16(29)26-33(30,31)14-5-9(18)11(20)6-12(14)21)25-27-28(7)13-3-2-8(4-10(13)19)32-17(22,23)24/h2-6H,1H3,(H,26,29). The fraction of sp³-hybridized carbons (Fsp3) is 0.118. The van der Waals surface area contributed by atoms with Gasteiger partial charge in [0.25, 0.3) is 15.9 Å². The van der Waals surface area contributed by atoms with Gasteiger partial charge < -0.3 is 4.74 Å². The molecule has 1 amide bonds. The Bertz CT molecular complexity index is 1360. The topological polar surface area (TPSA) is 103 Å². The van der Waals surface area contributed by atoms with Gasteiger partial charge in [0, 0.05) is 12.1 Å². The van der Waals surface area contributed by atoms with Gasteiger partial charge in [-0.2, -0.15) is 0 Å². The van der Waals surface area contributed by atoms with E-state index >= 15 is 0 Å². The fourth-order valence-electron chi connectivity index (χ4n) is 2.56. The van der Waals surface area contributed by atoms with Gasteiger partial charge in [0.2, 0.25) is 0 Å². The van der Waals surface area contributed by atoms with Gasteiger partial charge in [-0.1, -0.05) is 28.4 Å².